The number of anilines is 2. The van der Waals surface area contributed by atoms with E-state index in [0.717, 1.165) is 0 Å². The molecule has 0 saturated heterocycles. The second-order valence-electron chi connectivity index (χ2n) is 8.16. The lowest BCUT2D eigenvalue weighted by Gasteiger charge is -2.19. The second-order valence-corrected chi connectivity index (χ2v) is 9.18. The van der Waals surface area contributed by atoms with Gasteiger partial charge in [-0.2, -0.15) is 0 Å². The van der Waals surface area contributed by atoms with E-state index in [1.54, 1.807) is 0 Å². The minimum absolute atomic E-state index is 0.140. The molecule has 26 heavy (non-hydrogen) atoms. The average molecular weight is 360 g/mol. The van der Waals surface area contributed by atoms with E-state index in [-0.39, 0.29) is 5.41 Å². The first-order valence-electron chi connectivity index (χ1n) is 9.13. The van der Waals surface area contributed by atoms with E-state index >= 15 is 0 Å². The molecule has 2 heteroatoms. The Labute approximate surface area is 159 Å². The highest BCUT2D eigenvalue weighted by molar-refractivity contribution is 7.26. The third-order valence-electron chi connectivity index (χ3n) is 4.98. The lowest BCUT2D eigenvalue weighted by molar-refractivity contribution is 0.597. The van der Waals surface area contributed by atoms with Gasteiger partial charge in [0, 0.05) is 21.2 Å². The Kier molecular flexibility index (Phi) is 4.04. The number of hydrogen-bond acceptors (Lipinski definition) is 2. The Hall–Kier alpha value is -2.32. The van der Waals surface area contributed by atoms with Crippen molar-refractivity contribution in [1.82, 2.24) is 0 Å². The Balaban J connectivity index is 1.92. The highest BCUT2D eigenvalue weighted by atomic mass is 32.1. The van der Waals surface area contributed by atoms with E-state index in [0.29, 0.717) is 0 Å². The Morgan fingerprint density at radius 3 is 2.15 bits per heavy atom. The minimum Gasteiger partial charge on any atom is -0.354 e. The van der Waals surface area contributed by atoms with Crippen LogP contribution in [-0.4, -0.2) is 0 Å². The molecule has 4 aromatic rings. The molecule has 0 bridgehead atoms. The van der Waals surface area contributed by atoms with Gasteiger partial charge in [0.15, 0.2) is 0 Å². The van der Waals surface area contributed by atoms with Crippen LogP contribution in [-0.2, 0) is 5.41 Å². The van der Waals surface area contributed by atoms with E-state index in [2.05, 4.69) is 94.5 Å². The maximum Gasteiger partial charge on any atom is 0.0590 e. The lowest BCUT2D eigenvalue weighted by Crippen LogP contribution is -2.10. The molecule has 0 unspecified atom stereocenters. The molecule has 1 aromatic heterocycles. The molecule has 0 radical (unpaired) electrons. The molecule has 0 aliphatic rings. The fourth-order valence-corrected chi connectivity index (χ4v) is 5.10. The zero-order valence-corrected chi connectivity index (χ0v) is 16.9. The molecule has 1 N–H and O–H groups in total. The van der Waals surface area contributed by atoms with Gasteiger partial charge in [0.2, 0.25) is 0 Å². The van der Waals surface area contributed by atoms with Crippen molar-refractivity contribution in [3.8, 4) is 0 Å². The summed E-state index contributed by atoms with van der Waals surface area (Å²) in [5.74, 6) is 0. The van der Waals surface area contributed by atoms with Gasteiger partial charge in [-0.15, -0.1) is 11.3 Å². The summed E-state index contributed by atoms with van der Waals surface area (Å²) in [6.07, 6.45) is 0. The van der Waals surface area contributed by atoms with E-state index < -0.39 is 0 Å². The van der Waals surface area contributed by atoms with Gasteiger partial charge >= 0.3 is 0 Å². The summed E-state index contributed by atoms with van der Waals surface area (Å²) in [5.41, 5.74) is 6.50. The van der Waals surface area contributed by atoms with E-state index in [1.165, 1.54) is 48.2 Å². The molecule has 4 rings (SSSR count). The standard InChI is InChI=1S/C24H25NS/c1-15-12-13-20(16(2)14-15)25-21-11-7-9-18-17-8-6-10-19(24(3,4)5)22(17)26-23(18)21/h6-14,25H,1-5H3. The van der Waals surface area contributed by atoms with Crippen molar-refractivity contribution in [3.63, 3.8) is 0 Å². The maximum atomic E-state index is 3.67. The van der Waals surface area contributed by atoms with Crippen LogP contribution in [0.5, 0.6) is 0 Å². The predicted octanol–water partition coefficient (Wildman–Crippen LogP) is 7.71. The molecule has 0 amide bonds. The van der Waals surface area contributed by atoms with Crippen molar-refractivity contribution < 1.29 is 0 Å². The Morgan fingerprint density at radius 1 is 0.769 bits per heavy atom. The minimum atomic E-state index is 0.140. The van der Waals surface area contributed by atoms with Gasteiger partial charge in [0.1, 0.15) is 0 Å². The van der Waals surface area contributed by atoms with Crippen LogP contribution in [0.15, 0.2) is 54.6 Å². The number of aryl methyl sites for hydroxylation is 2. The maximum absolute atomic E-state index is 3.67. The van der Waals surface area contributed by atoms with Crippen LogP contribution in [0.1, 0.15) is 37.5 Å². The van der Waals surface area contributed by atoms with Crippen molar-refractivity contribution in [2.45, 2.75) is 40.0 Å². The molecule has 0 atom stereocenters. The highest BCUT2D eigenvalue weighted by Crippen LogP contribution is 2.43. The van der Waals surface area contributed by atoms with Crippen molar-refractivity contribution in [1.29, 1.82) is 0 Å². The number of hydrogen-bond donors (Lipinski definition) is 1. The Morgan fingerprint density at radius 2 is 1.46 bits per heavy atom. The third-order valence-corrected chi connectivity index (χ3v) is 6.27. The summed E-state index contributed by atoms with van der Waals surface area (Å²) in [6.45, 7) is 11.2. The average Bonchev–Trinajstić information content (AvgIpc) is 2.96. The van der Waals surface area contributed by atoms with Gasteiger partial charge in [0.25, 0.3) is 0 Å². The van der Waals surface area contributed by atoms with Crippen LogP contribution in [0.4, 0.5) is 11.4 Å². The SMILES string of the molecule is Cc1ccc(Nc2cccc3c2sc2c(C(C)(C)C)cccc23)c(C)c1. The zero-order valence-electron chi connectivity index (χ0n) is 16.1. The monoisotopic (exact) mass is 359 g/mol. The third kappa shape index (κ3) is 2.89. The summed E-state index contributed by atoms with van der Waals surface area (Å²) in [5, 5.41) is 6.37. The summed E-state index contributed by atoms with van der Waals surface area (Å²) in [6, 6.07) is 19.9. The smallest absolute Gasteiger partial charge is 0.0590 e. The zero-order chi connectivity index (χ0) is 18.5. The Bertz CT molecular complexity index is 1110. The van der Waals surface area contributed by atoms with Crippen LogP contribution < -0.4 is 5.32 Å². The number of benzene rings is 3. The van der Waals surface area contributed by atoms with Gasteiger partial charge in [-0.05, 0) is 42.5 Å². The van der Waals surface area contributed by atoms with Crippen LogP contribution in [0, 0.1) is 13.8 Å². The largest absolute Gasteiger partial charge is 0.354 e. The fraction of sp³-hybridized carbons (Fsp3) is 0.250. The van der Waals surface area contributed by atoms with Gasteiger partial charge in [-0.3, -0.25) is 0 Å². The summed E-state index contributed by atoms with van der Waals surface area (Å²) in [7, 11) is 0. The first-order valence-corrected chi connectivity index (χ1v) is 9.95. The van der Waals surface area contributed by atoms with E-state index in [1.807, 2.05) is 11.3 Å². The van der Waals surface area contributed by atoms with Crippen LogP contribution in [0.2, 0.25) is 0 Å². The highest BCUT2D eigenvalue weighted by Gasteiger charge is 2.19. The van der Waals surface area contributed by atoms with Crippen molar-refractivity contribution in [2.24, 2.45) is 0 Å². The molecule has 1 heterocycles. The molecular formula is C24H25NS. The quantitative estimate of drug-likeness (QED) is 0.386. The molecule has 0 spiro atoms. The van der Waals surface area contributed by atoms with Gasteiger partial charge in [-0.25, -0.2) is 0 Å². The summed E-state index contributed by atoms with van der Waals surface area (Å²) < 4.78 is 2.74. The van der Waals surface area contributed by atoms with Crippen LogP contribution in [0.3, 0.4) is 0 Å². The van der Waals surface area contributed by atoms with Crippen molar-refractivity contribution >= 4 is 42.9 Å². The first-order chi connectivity index (χ1) is 12.3. The molecule has 3 aromatic carbocycles. The van der Waals surface area contributed by atoms with Crippen molar-refractivity contribution in [2.75, 3.05) is 5.32 Å². The molecule has 0 fully saturated rings. The summed E-state index contributed by atoms with van der Waals surface area (Å²) >= 11 is 1.91. The molecule has 0 aliphatic carbocycles. The lowest BCUT2D eigenvalue weighted by atomic mass is 9.86. The topological polar surface area (TPSA) is 12.0 Å². The first kappa shape index (κ1) is 17.1. The number of fused-ring (bicyclic) bond motifs is 3. The number of rotatable bonds is 2. The summed E-state index contributed by atoms with van der Waals surface area (Å²) in [4.78, 5) is 0. The van der Waals surface area contributed by atoms with E-state index in [4.69, 9.17) is 0 Å². The van der Waals surface area contributed by atoms with Gasteiger partial charge in [0.05, 0.1) is 10.4 Å². The molecular weight excluding hydrogens is 334 g/mol. The van der Waals surface area contributed by atoms with E-state index in [9.17, 15) is 0 Å². The van der Waals surface area contributed by atoms with Crippen molar-refractivity contribution in [3.05, 3.63) is 71.3 Å². The molecule has 0 saturated carbocycles. The molecule has 132 valence electrons. The molecule has 1 nitrogen and oxygen atoms in total. The predicted molar refractivity (Wildman–Crippen MR) is 117 cm³/mol. The number of nitrogens with one attached hydrogen (secondary N) is 1. The fourth-order valence-electron chi connectivity index (χ4n) is 3.61. The number of thiophene rings is 1. The van der Waals surface area contributed by atoms with Crippen LogP contribution >= 0.6 is 11.3 Å². The van der Waals surface area contributed by atoms with Gasteiger partial charge < -0.3 is 5.32 Å². The second kappa shape index (κ2) is 6.14. The van der Waals surface area contributed by atoms with Gasteiger partial charge in [-0.1, -0.05) is 68.8 Å². The van der Waals surface area contributed by atoms with Crippen LogP contribution in [0.25, 0.3) is 20.2 Å². The molecule has 0 aliphatic heterocycles. The normalized spacial score (nSPS) is 12.0.